The Morgan fingerprint density at radius 3 is 1.93 bits per heavy atom. The van der Waals surface area contributed by atoms with Crippen LogP contribution in [0.15, 0.2) is 70.5 Å². The van der Waals surface area contributed by atoms with E-state index < -0.39 is 10.3 Å². The third kappa shape index (κ3) is 3.84. The van der Waals surface area contributed by atoms with Gasteiger partial charge < -0.3 is 8.92 Å². The lowest BCUT2D eigenvalue weighted by molar-refractivity contribution is -0.145. The third-order valence-electron chi connectivity index (χ3n) is 5.28. The highest BCUT2D eigenvalue weighted by atomic mass is 32.3. The number of likely N-dealkylation sites (N-methyl/N-ethyl adjacent to an activating group) is 1. The second-order valence-corrected chi connectivity index (χ2v) is 11.7. The summed E-state index contributed by atoms with van der Waals surface area (Å²) in [5, 5.41) is 0. The highest BCUT2D eigenvalue weighted by Crippen LogP contribution is 2.72. The molecule has 0 bridgehead atoms. The second-order valence-electron chi connectivity index (χ2n) is 8.23. The Labute approximate surface area is 170 Å². The maximum atomic E-state index is 12.2. The van der Waals surface area contributed by atoms with Crippen molar-refractivity contribution >= 4 is 16.3 Å². The SMILES string of the molecule is COC(=O)[C@@H]1CC(OS(c2ccccc2)(c2ccccc2)C(C)(C)C)CN1C. The zero-order valence-corrected chi connectivity index (χ0v) is 18.2. The average Bonchev–Trinajstić information content (AvgIpc) is 3.06. The maximum Gasteiger partial charge on any atom is 0.323 e. The molecule has 0 spiro atoms. The molecule has 0 amide bonds. The molecular formula is C23H31NO3S. The van der Waals surface area contributed by atoms with Gasteiger partial charge in [0, 0.05) is 27.5 Å². The van der Waals surface area contributed by atoms with Crippen molar-refractivity contribution in [3.05, 3.63) is 60.7 Å². The molecule has 0 radical (unpaired) electrons. The van der Waals surface area contributed by atoms with Crippen LogP contribution in [0.4, 0.5) is 0 Å². The number of hydrogen-bond donors (Lipinski definition) is 0. The maximum absolute atomic E-state index is 12.2. The summed E-state index contributed by atoms with van der Waals surface area (Å²) in [5.74, 6) is -0.190. The summed E-state index contributed by atoms with van der Waals surface area (Å²) >= 11 is 0. The Balaban J connectivity index is 2.06. The molecule has 5 heteroatoms. The average molecular weight is 402 g/mol. The quantitative estimate of drug-likeness (QED) is 0.669. The lowest BCUT2D eigenvalue weighted by Crippen LogP contribution is -2.33. The Bertz CT molecular complexity index is 749. The van der Waals surface area contributed by atoms with Gasteiger partial charge in [0.2, 0.25) is 0 Å². The summed E-state index contributed by atoms with van der Waals surface area (Å²) in [4.78, 5) is 16.6. The van der Waals surface area contributed by atoms with E-state index in [1.165, 1.54) is 16.9 Å². The van der Waals surface area contributed by atoms with Crippen molar-refractivity contribution in [2.24, 2.45) is 0 Å². The van der Waals surface area contributed by atoms with Gasteiger partial charge >= 0.3 is 5.97 Å². The highest BCUT2D eigenvalue weighted by Gasteiger charge is 2.46. The monoisotopic (exact) mass is 401 g/mol. The molecule has 2 aromatic rings. The molecule has 0 aromatic heterocycles. The van der Waals surface area contributed by atoms with Crippen LogP contribution in [0.25, 0.3) is 0 Å². The van der Waals surface area contributed by atoms with E-state index in [2.05, 4.69) is 69.3 Å². The fourth-order valence-electron chi connectivity index (χ4n) is 3.96. The number of esters is 1. The van der Waals surface area contributed by atoms with Gasteiger partial charge in [0.25, 0.3) is 0 Å². The van der Waals surface area contributed by atoms with E-state index in [0.29, 0.717) is 13.0 Å². The van der Waals surface area contributed by atoms with Crippen molar-refractivity contribution in [1.82, 2.24) is 4.90 Å². The van der Waals surface area contributed by atoms with Crippen LogP contribution in [0.3, 0.4) is 0 Å². The van der Waals surface area contributed by atoms with Crippen LogP contribution >= 0.6 is 10.3 Å². The molecule has 0 aliphatic carbocycles. The van der Waals surface area contributed by atoms with Crippen LogP contribution in [0.5, 0.6) is 0 Å². The molecule has 152 valence electrons. The summed E-state index contributed by atoms with van der Waals surface area (Å²) in [6, 6.07) is 20.8. The summed E-state index contributed by atoms with van der Waals surface area (Å²) in [7, 11) is 1.60. The minimum Gasteiger partial charge on any atom is -0.468 e. The fourth-order valence-corrected chi connectivity index (χ4v) is 7.79. The first-order chi connectivity index (χ1) is 13.3. The number of ether oxygens (including phenoxy) is 1. The van der Waals surface area contributed by atoms with Crippen molar-refractivity contribution < 1.29 is 13.7 Å². The summed E-state index contributed by atoms with van der Waals surface area (Å²) < 4.78 is 11.9. The van der Waals surface area contributed by atoms with E-state index >= 15 is 0 Å². The lowest BCUT2D eigenvalue weighted by atomic mass is 10.2. The van der Waals surface area contributed by atoms with Crippen LogP contribution in [0, 0.1) is 0 Å². The Morgan fingerprint density at radius 2 is 1.50 bits per heavy atom. The van der Waals surface area contributed by atoms with E-state index in [1.54, 1.807) is 0 Å². The molecule has 0 N–H and O–H groups in total. The number of rotatable bonds is 5. The van der Waals surface area contributed by atoms with Crippen molar-refractivity contribution in [2.45, 2.75) is 53.9 Å². The summed E-state index contributed by atoms with van der Waals surface area (Å²) in [6.45, 7) is 7.46. The Hall–Kier alpha value is -1.82. The van der Waals surface area contributed by atoms with Gasteiger partial charge in [-0.05, 0) is 52.1 Å². The predicted molar refractivity (Wildman–Crippen MR) is 115 cm³/mol. The van der Waals surface area contributed by atoms with Crippen molar-refractivity contribution in [2.75, 3.05) is 20.7 Å². The number of likely N-dealkylation sites (tertiary alicyclic amines) is 1. The van der Waals surface area contributed by atoms with Gasteiger partial charge in [-0.25, -0.2) is 0 Å². The van der Waals surface area contributed by atoms with Gasteiger partial charge in [0.05, 0.1) is 13.2 Å². The molecular weight excluding hydrogens is 370 g/mol. The first-order valence-corrected chi connectivity index (χ1v) is 11.2. The summed E-state index contributed by atoms with van der Waals surface area (Å²) in [6.07, 6.45) is 0.608. The van der Waals surface area contributed by atoms with Gasteiger partial charge in [-0.3, -0.25) is 9.69 Å². The van der Waals surface area contributed by atoms with Gasteiger partial charge in [0.1, 0.15) is 6.04 Å². The first-order valence-electron chi connectivity index (χ1n) is 9.69. The zero-order chi connectivity index (χ0) is 20.4. The van der Waals surface area contributed by atoms with Gasteiger partial charge in [-0.1, -0.05) is 46.7 Å². The molecule has 28 heavy (non-hydrogen) atoms. The Kier molecular flexibility index (Phi) is 6.18. The molecule has 1 heterocycles. The van der Waals surface area contributed by atoms with E-state index in [9.17, 15) is 4.79 Å². The van der Waals surface area contributed by atoms with Gasteiger partial charge in [0.15, 0.2) is 0 Å². The number of nitrogens with zero attached hydrogens (tertiary/aromatic N) is 1. The molecule has 3 rings (SSSR count). The van der Waals surface area contributed by atoms with E-state index in [0.717, 1.165) is 0 Å². The molecule has 2 aromatic carbocycles. The van der Waals surface area contributed by atoms with E-state index in [-0.39, 0.29) is 22.9 Å². The van der Waals surface area contributed by atoms with E-state index in [1.807, 2.05) is 24.1 Å². The zero-order valence-electron chi connectivity index (χ0n) is 17.4. The number of benzene rings is 2. The fraction of sp³-hybridized carbons (Fsp3) is 0.435. The molecule has 1 unspecified atom stereocenters. The first kappa shape index (κ1) is 20.9. The smallest absolute Gasteiger partial charge is 0.323 e. The van der Waals surface area contributed by atoms with Crippen LogP contribution in [0.1, 0.15) is 27.2 Å². The number of carbonyl (C=O) groups excluding carboxylic acids is 1. The molecule has 4 nitrogen and oxygen atoms in total. The predicted octanol–water partition coefficient (Wildman–Crippen LogP) is 4.89. The molecule has 1 saturated heterocycles. The molecule has 1 fully saturated rings. The number of hydrogen-bond acceptors (Lipinski definition) is 4. The lowest BCUT2D eigenvalue weighted by Gasteiger charge is -2.51. The van der Waals surface area contributed by atoms with Crippen LogP contribution in [0.2, 0.25) is 0 Å². The molecule has 0 saturated carbocycles. The van der Waals surface area contributed by atoms with Crippen molar-refractivity contribution in [3.8, 4) is 0 Å². The molecule has 1 aliphatic heterocycles. The standard InChI is InChI=1S/C23H31NO3S/c1-23(2,3)28(19-12-8-6-9-13-19,20-14-10-7-11-15-20)27-18-16-21(22(25)26-5)24(4)17-18/h6-15,18,21H,16-17H2,1-5H3/t18?,21-/m0/s1. The summed E-state index contributed by atoms with van der Waals surface area (Å²) in [5.41, 5.74) is 0. The largest absolute Gasteiger partial charge is 0.468 e. The Morgan fingerprint density at radius 1 is 1.00 bits per heavy atom. The van der Waals surface area contributed by atoms with Crippen LogP contribution < -0.4 is 0 Å². The van der Waals surface area contributed by atoms with Gasteiger partial charge in [-0.15, -0.1) is 0 Å². The van der Waals surface area contributed by atoms with Crippen molar-refractivity contribution in [1.29, 1.82) is 0 Å². The number of carbonyl (C=O) groups is 1. The van der Waals surface area contributed by atoms with Gasteiger partial charge in [-0.2, -0.15) is 0 Å². The normalized spacial score (nSPS) is 21.5. The topological polar surface area (TPSA) is 38.8 Å². The second kappa shape index (κ2) is 8.27. The third-order valence-corrected chi connectivity index (χ3v) is 9.43. The van der Waals surface area contributed by atoms with Crippen LogP contribution in [-0.4, -0.2) is 48.5 Å². The highest BCUT2D eigenvalue weighted by molar-refractivity contribution is 8.31. The van der Waals surface area contributed by atoms with Crippen molar-refractivity contribution in [3.63, 3.8) is 0 Å². The molecule has 2 atom stereocenters. The number of methoxy groups -OCH3 is 1. The van der Waals surface area contributed by atoms with Crippen LogP contribution in [-0.2, 0) is 13.7 Å². The minimum atomic E-state index is -1.81. The molecule has 1 aliphatic rings. The van der Waals surface area contributed by atoms with E-state index in [4.69, 9.17) is 8.92 Å². The minimum absolute atomic E-state index is 0.0382.